The Hall–Kier alpha value is -4.40. The van der Waals surface area contributed by atoms with E-state index in [9.17, 15) is 4.79 Å². The Morgan fingerprint density at radius 1 is 0.488 bits per heavy atom. The van der Waals surface area contributed by atoms with Crippen molar-refractivity contribution in [1.29, 1.82) is 0 Å². The summed E-state index contributed by atoms with van der Waals surface area (Å²) in [5.41, 5.74) is 0.0546. The molecule has 5 aromatic rings. The second kappa shape index (κ2) is 15.2. The molecule has 0 bridgehead atoms. The number of hydrogen-bond acceptors (Lipinski definition) is 7. The van der Waals surface area contributed by atoms with E-state index in [1.807, 2.05) is 91.0 Å². The van der Waals surface area contributed by atoms with Gasteiger partial charge >= 0.3 is 18.9 Å². The fourth-order valence-corrected chi connectivity index (χ4v) is 5.26. The Labute approximate surface area is 264 Å². The fourth-order valence-electron chi connectivity index (χ4n) is 4.17. The van der Waals surface area contributed by atoms with Crippen LogP contribution in [0.5, 0.6) is 51.7 Å². The van der Waals surface area contributed by atoms with Gasteiger partial charge in [-0.25, -0.2) is 0 Å². The van der Waals surface area contributed by atoms with E-state index in [0.29, 0.717) is 62.6 Å². The molecule has 1 atom stereocenters. The summed E-state index contributed by atoms with van der Waals surface area (Å²) in [5, 5.41) is 0.549. The van der Waals surface area contributed by atoms with Crippen LogP contribution in [0.15, 0.2) is 115 Å². The van der Waals surface area contributed by atoms with Crippen molar-refractivity contribution in [1.82, 2.24) is 0 Å². The van der Waals surface area contributed by atoms with E-state index in [1.165, 1.54) is 21.3 Å². The van der Waals surface area contributed by atoms with Gasteiger partial charge in [-0.2, -0.15) is 0 Å². The Morgan fingerprint density at radius 2 is 0.884 bits per heavy atom. The Balaban J connectivity index is 0.00000423. The molecule has 0 spiro atoms. The van der Waals surface area contributed by atoms with Crippen molar-refractivity contribution in [3.05, 3.63) is 121 Å². The third kappa shape index (κ3) is 7.91. The van der Waals surface area contributed by atoms with Gasteiger partial charge in [-0.05, 0) is 45.0 Å². The number of carbonyl (C=O) groups excluding carboxylic acids is 1. The van der Waals surface area contributed by atoms with Crippen LogP contribution in [0, 0.1) is 0 Å². The van der Waals surface area contributed by atoms with Crippen molar-refractivity contribution in [2.75, 3.05) is 21.3 Å². The number of ether oxygens (including phenoxy) is 6. The Morgan fingerprint density at radius 3 is 1.28 bits per heavy atom. The summed E-state index contributed by atoms with van der Waals surface area (Å²) in [6.45, 7) is 0. The zero-order chi connectivity index (χ0) is 29.3. The van der Waals surface area contributed by atoms with Crippen LogP contribution in [0.4, 0.5) is 0 Å². The topological polar surface area (TPSA) is 72.5 Å². The number of carbonyl (C=O) groups is 1. The van der Waals surface area contributed by atoms with Crippen molar-refractivity contribution in [3.8, 4) is 51.7 Å². The first-order chi connectivity index (χ1) is 20.6. The van der Waals surface area contributed by atoms with Crippen LogP contribution in [0.2, 0.25) is 0 Å². The first kappa shape index (κ1) is 31.5. The quantitative estimate of drug-likeness (QED) is 0.146. The van der Waals surface area contributed by atoms with E-state index in [0.717, 1.165) is 0 Å². The van der Waals surface area contributed by atoms with Crippen molar-refractivity contribution in [2.45, 2.75) is 0 Å². The van der Waals surface area contributed by atoms with Crippen LogP contribution in [0.1, 0.15) is 10.4 Å². The maximum atomic E-state index is 14.0. The van der Waals surface area contributed by atoms with Gasteiger partial charge in [0.05, 0.1) is 26.6 Å². The molecule has 0 radical (unpaired) electrons. The predicted octanol–water partition coefficient (Wildman–Crippen LogP) is 5.24. The largest absolute Gasteiger partial charge is 1.00 e. The predicted molar refractivity (Wildman–Crippen MR) is 164 cm³/mol. The minimum absolute atomic E-state index is 0. The molecule has 0 aliphatic rings. The van der Waals surface area contributed by atoms with E-state index in [1.54, 1.807) is 24.3 Å². The van der Waals surface area contributed by atoms with Crippen molar-refractivity contribution in [3.63, 3.8) is 0 Å². The van der Waals surface area contributed by atoms with Gasteiger partial charge in [-0.1, -0.05) is 54.6 Å². The average Bonchev–Trinajstić information content (AvgIpc) is 3.03. The molecule has 9 heteroatoms. The van der Waals surface area contributed by atoms with Crippen LogP contribution >= 0.6 is 8.58 Å². The standard InChI is InChI=1S/C34H29O7P.Li/c1-36-26-19-28(37-2)32(29(20-26)38-3)34(35)42-33-30(40-24-15-9-5-10-16-24)21-27(39-23-13-7-4-8-14-23)22-31(33)41-25-17-11-6-12-18-25;/h4-22,42H,1-3H3;/q;+1. The molecule has 5 rings (SSSR count). The first-order valence-electron chi connectivity index (χ1n) is 13.1. The van der Waals surface area contributed by atoms with E-state index in [-0.39, 0.29) is 24.4 Å². The average molecular weight is 588 g/mol. The van der Waals surface area contributed by atoms with Crippen LogP contribution in [0.25, 0.3) is 0 Å². The minimum Gasteiger partial charge on any atom is -0.496 e. The van der Waals surface area contributed by atoms with Crippen molar-refractivity contribution in [2.24, 2.45) is 0 Å². The van der Waals surface area contributed by atoms with Crippen molar-refractivity contribution < 1.29 is 52.1 Å². The molecular formula is C34H29LiO7P+. The Bertz CT molecular complexity index is 1560. The second-order valence-corrected chi connectivity index (χ2v) is 10.1. The normalized spacial score (nSPS) is 10.5. The van der Waals surface area contributed by atoms with Gasteiger partial charge in [0.2, 0.25) is 0 Å². The molecule has 0 saturated carbocycles. The summed E-state index contributed by atoms with van der Waals surface area (Å²) < 4.78 is 35.4. The van der Waals surface area contributed by atoms with Crippen LogP contribution < -0.4 is 52.6 Å². The number of para-hydroxylation sites is 3. The zero-order valence-electron chi connectivity index (χ0n) is 24.3. The molecule has 0 saturated heterocycles. The molecule has 212 valence electrons. The summed E-state index contributed by atoms with van der Waals surface area (Å²) in [4.78, 5) is 14.0. The van der Waals surface area contributed by atoms with Gasteiger partial charge in [0.15, 0.2) is 5.52 Å². The Kier molecular flexibility index (Phi) is 11.1. The van der Waals surface area contributed by atoms with E-state index < -0.39 is 8.58 Å². The molecule has 1 unspecified atom stereocenters. The second-order valence-electron chi connectivity index (χ2n) is 8.90. The number of benzene rings is 5. The molecule has 0 amide bonds. The number of methoxy groups -OCH3 is 3. The molecule has 0 aliphatic carbocycles. The van der Waals surface area contributed by atoms with Crippen LogP contribution in [-0.2, 0) is 0 Å². The monoisotopic (exact) mass is 587 g/mol. The molecule has 43 heavy (non-hydrogen) atoms. The molecule has 0 heterocycles. The third-order valence-corrected chi connectivity index (χ3v) is 7.36. The molecule has 0 aromatic heterocycles. The third-order valence-electron chi connectivity index (χ3n) is 6.14. The number of rotatable bonds is 12. The van der Waals surface area contributed by atoms with Gasteiger partial charge in [0.1, 0.15) is 57.3 Å². The van der Waals surface area contributed by atoms with Gasteiger partial charge in [-0.3, -0.25) is 4.79 Å². The maximum absolute atomic E-state index is 14.0. The smallest absolute Gasteiger partial charge is 0.496 e. The van der Waals surface area contributed by atoms with E-state index in [4.69, 9.17) is 28.4 Å². The van der Waals surface area contributed by atoms with E-state index >= 15 is 0 Å². The summed E-state index contributed by atoms with van der Waals surface area (Å²) in [7, 11) is 4.11. The summed E-state index contributed by atoms with van der Waals surface area (Å²) in [6.07, 6.45) is 0. The van der Waals surface area contributed by atoms with Crippen LogP contribution in [-0.4, -0.2) is 26.9 Å². The van der Waals surface area contributed by atoms with Gasteiger partial charge in [-0.15, -0.1) is 0 Å². The van der Waals surface area contributed by atoms with Crippen molar-refractivity contribution >= 4 is 19.4 Å². The maximum Gasteiger partial charge on any atom is 1.00 e. The van der Waals surface area contributed by atoms with Gasteiger partial charge < -0.3 is 28.4 Å². The fraction of sp³-hybridized carbons (Fsp3) is 0.0882. The summed E-state index contributed by atoms with van der Waals surface area (Å²) in [6, 6.07) is 34.9. The van der Waals surface area contributed by atoms with E-state index in [2.05, 4.69) is 0 Å². The molecule has 0 aliphatic heterocycles. The zero-order valence-corrected chi connectivity index (χ0v) is 25.3. The minimum atomic E-state index is -0.428. The molecule has 0 N–H and O–H groups in total. The summed E-state index contributed by atoms with van der Waals surface area (Å²) >= 11 is 0. The van der Waals surface area contributed by atoms with Gasteiger partial charge in [0.25, 0.3) is 0 Å². The number of hydrogen-bond donors (Lipinski definition) is 0. The molecule has 5 aromatic carbocycles. The molecular weight excluding hydrogens is 558 g/mol. The summed E-state index contributed by atoms with van der Waals surface area (Å²) in [5.74, 6) is 4.33. The molecule has 7 nitrogen and oxygen atoms in total. The SMILES string of the molecule is COc1cc(OC)c(C(=O)Pc2c(Oc3ccccc3)cc(Oc3ccccc3)cc2Oc2ccccc2)c(OC)c1.[Li+]. The van der Waals surface area contributed by atoms with Gasteiger partial charge in [0, 0.05) is 24.3 Å². The van der Waals surface area contributed by atoms with Crippen LogP contribution in [0.3, 0.4) is 0 Å². The molecule has 0 fully saturated rings. The first-order valence-corrected chi connectivity index (χ1v) is 14.1.